The Hall–Kier alpha value is -0.890. The van der Waals surface area contributed by atoms with Crippen molar-refractivity contribution in [1.29, 1.82) is 0 Å². The molecule has 0 aliphatic carbocycles. The summed E-state index contributed by atoms with van der Waals surface area (Å²) in [7, 11) is 0. The van der Waals surface area contributed by atoms with Crippen LogP contribution in [0.5, 0.6) is 0 Å². The molecule has 2 heteroatoms. The van der Waals surface area contributed by atoms with Crippen LogP contribution in [0.3, 0.4) is 0 Å². The van der Waals surface area contributed by atoms with Crippen LogP contribution in [0, 0.1) is 6.92 Å². The zero-order valence-electron chi connectivity index (χ0n) is 8.18. The lowest BCUT2D eigenvalue weighted by atomic mass is 9.93. The zero-order valence-corrected chi connectivity index (χ0v) is 8.18. The molecule has 1 atom stereocenters. The summed E-state index contributed by atoms with van der Waals surface area (Å²) >= 11 is 0. The van der Waals surface area contributed by atoms with Gasteiger partial charge in [0, 0.05) is 0 Å². The number of aryl methyl sites for hydroxylation is 1. The van der Waals surface area contributed by atoms with Gasteiger partial charge in [0.25, 0.3) is 0 Å². The summed E-state index contributed by atoms with van der Waals surface area (Å²) in [5.74, 6) is 0. The van der Waals surface area contributed by atoms with Crippen molar-refractivity contribution in [3.63, 3.8) is 0 Å². The molecule has 0 radical (unpaired) electrons. The van der Waals surface area contributed by atoms with Crippen LogP contribution >= 0.6 is 0 Å². The molecule has 2 N–H and O–H groups in total. The van der Waals surface area contributed by atoms with E-state index < -0.39 is 5.67 Å². The molecule has 0 bridgehead atoms. The van der Waals surface area contributed by atoms with Crippen LogP contribution < -0.4 is 5.73 Å². The topological polar surface area (TPSA) is 26.0 Å². The summed E-state index contributed by atoms with van der Waals surface area (Å²) in [6, 6.07) is 7.51. The Morgan fingerprint density at radius 1 is 1.46 bits per heavy atom. The number of alkyl halides is 1. The first-order chi connectivity index (χ1) is 6.06. The highest BCUT2D eigenvalue weighted by molar-refractivity contribution is 5.26. The van der Waals surface area contributed by atoms with Gasteiger partial charge in [0.1, 0.15) is 5.67 Å². The molecule has 1 unspecified atom stereocenters. The molecule has 0 aliphatic rings. The molecular weight excluding hydrogens is 165 g/mol. The average molecular weight is 181 g/mol. The van der Waals surface area contributed by atoms with Gasteiger partial charge < -0.3 is 5.73 Å². The van der Waals surface area contributed by atoms with Crippen molar-refractivity contribution >= 4 is 0 Å². The molecule has 0 aromatic heterocycles. The molecule has 1 aromatic carbocycles. The van der Waals surface area contributed by atoms with Gasteiger partial charge in [-0.2, -0.15) is 0 Å². The van der Waals surface area contributed by atoms with E-state index in [1.807, 2.05) is 31.2 Å². The van der Waals surface area contributed by atoms with Gasteiger partial charge in [0.2, 0.25) is 0 Å². The minimum atomic E-state index is -1.29. The van der Waals surface area contributed by atoms with Gasteiger partial charge in [-0.05, 0) is 32.4 Å². The average Bonchev–Trinajstić information content (AvgIpc) is 2.04. The number of rotatable bonds is 3. The molecule has 0 saturated carbocycles. The normalized spacial score (nSPS) is 15.4. The molecule has 0 saturated heterocycles. The molecule has 0 amide bonds. The Bertz CT molecular complexity index is 281. The maximum atomic E-state index is 13.9. The fourth-order valence-electron chi connectivity index (χ4n) is 1.38. The Labute approximate surface area is 78.8 Å². The number of halogens is 1. The number of hydrogen-bond donors (Lipinski definition) is 1. The van der Waals surface area contributed by atoms with Crippen LogP contribution in [-0.4, -0.2) is 6.54 Å². The largest absolute Gasteiger partial charge is 0.330 e. The summed E-state index contributed by atoms with van der Waals surface area (Å²) in [6.07, 6.45) is 0.371. The first-order valence-electron chi connectivity index (χ1n) is 4.52. The van der Waals surface area contributed by atoms with E-state index in [2.05, 4.69) is 0 Å². The summed E-state index contributed by atoms with van der Waals surface area (Å²) in [5.41, 5.74) is 5.86. The van der Waals surface area contributed by atoms with Gasteiger partial charge in [-0.1, -0.05) is 29.8 Å². The van der Waals surface area contributed by atoms with E-state index in [4.69, 9.17) is 5.73 Å². The molecule has 13 heavy (non-hydrogen) atoms. The van der Waals surface area contributed by atoms with Gasteiger partial charge in [0.15, 0.2) is 0 Å². The SMILES string of the molecule is Cc1cccc(C(C)(F)CCN)c1. The van der Waals surface area contributed by atoms with E-state index in [9.17, 15) is 4.39 Å². The van der Waals surface area contributed by atoms with Crippen molar-refractivity contribution in [2.45, 2.75) is 25.9 Å². The molecule has 0 fully saturated rings. The first kappa shape index (κ1) is 10.2. The molecule has 0 heterocycles. The minimum Gasteiger partial charge on any atom is -0.330 e. The Kier molecular flexibility index (Phi) is 3.04. The van der Waals surface area contributed by atoms with Crippen LogP contribution in [0.15, 0.2) is 24.3 Å². The molecular formula is C11H16FN. The molecule has 0 aliphatic heterocycles. The summed E-state index contributed by atoms with van der Waals surface area (Å²) in [5, 5.41) is 0. The van der Waals surface area contributed by atoms with Crippen molar-refractivity contribution in [3.8, 4) is 0 Å². The van der Waals surface area contributed by atoms with Gasteiger partial charge in [-0.15, -0.1) is 0 Å². The summed E-state index contributed by atoms with van der Waals surface area (Å²) in [4.78, 5) is 0. The van der Waals surface area contributed by atoms with Crippen molar-refractivity contribution in [2.75, 3.05) is 6.54 Å². The minimum absolute atomic E-state index is 0.371. The van der Waals surface area contributed by atoms with Gasteiger partial charge in [0.05, 0.1) is 0 Å². The highest BCUT2D eigenvalue weighted by Gasteiger charge is 2.24. The van der Waals surface area contributed by atoms with Crippen LogP contribution in [-0.2, 0) is 5.67 Å². The quantitative estimate of drug-likeness (QED) is 0.761. The molecule has 1 aromatic rings. The van der Waals surface area contributed by atoms with Crippen molar-refractivity contribution in [3.05, 3.63) is 35.4 Å². The lowest BCUT2D eigenvalue weighted by Gasteiger charge is -2.20. The monoisotopic (exact) mass is 181 g/mol. The second kappa shape index (κ2) is 3.88. The van der Waals surface area contributed by atoms with Gasteiger partial charge >= 0.3 is 0 Å². The third kappa shape index (κ3) is 2.52. The standard InChI is InChI=1S/C11H16FN/c1-9-4-3-5-10(8-9)11(2,12)6-7-13/h3-5,8H,6-7,13H2,1-2H3. The molecule has 0 spiro atoms. The van der Waals surface area contributed by atoms with Crippen molar-refractivity contribution in [1.82, 2.24) is 0 Å². The Morgan fingerprint density at radius 3 is 2.69 bits per heavy atom. The first-order valence-corrected chi connectivity index (χ1v) is 4.52. The van der Waals surface area contributed by atoms with Crippen molar-refractivity contribution < 1.29 is 4.39 Å². The van der Waals surface area contributed by atoms with E-state index in [-0.39, 0.29) is 0 Å². The lowest BCUT2D eigenvalue weighted by molar-refractivity contribution is 0.180. The smallest absolute Gasteiger partial charge is 0.134 e. The zero-order chi connectivity index (χ0) is 9.90. The second-order valence-electron chi connectivity index (χ2n) is 3.61. The third-order valence-corrected chi connectivity index (χ3v) is 2.23. The van der Waals surface area contributed by atoms with E-state index >= 15 is 0 Å². The lowest BCUT2D eigenvalue weighted by Crippen LogP contribution is -2.20. The predicted molar refractivity (Wildman–Crippen MR) is 53.3 cm³/mol. The van der Waals surface area contributed by atoms with Gasteiger partial charge in [-0.25, -0.2) is 4.39 Å². The van der Waals surface area contributed by atoms with E-state index in [1.54, 1.807) is 6.92 Å². The third-order valence-electron chi connectivity index (χ3n) is 2.23. The molecule has 1 rings (SSSR count). The van der Waals surface area contributed by atoms with Crippen molar-refractivity contribution in [2.24, 2.45) is 5.73 Å². The van der Waals surface area contributed by atoms with Crippen LogP contribution in [0.1, 0.15) is 24.5 Å². The second-order valence-corrected chi connectivity index (χ2v) is 3.61. The molecule has 72 valence electrons. The number of nitrogens with two attached hydrogens (primary N) is 1. The Balaban J connectivity index is 2.93. The van der Waals surface area contributed by atoms with Crippen LogP contribution in [0.25, 0.3) is 0 Å². The van der Waals surface area contributed by atoms with E-state index in [0.29, 0.717) is 13.0 Å². The predicted octanol–water partition coefficient (Wildman–Crippen LogP) is 2.53. The van der Waals surface area contributed by atoms with E-state index in [1.165, 1.54) is 0 Å². The highest BCUT2D eigenvalue weighted by Crippen LogP contribution is 2.28. The summed E-state index contributed by atoms with van der Waals surface area (Å²) in [6.45, 7) is 3.91. The molecule has 1 nitrogen and oxygen atoms in total. The number of hydrogen-bond acceptors (Lipinski definition) is 1. The maximum absolute atomic E-state index is 13.9. The Morgan fingerprint density at radius 2 is 2.15 bits per heavy atom. The maximum Gasteiger partial charge on any atom is 0.134 e. The van der Waals surface area contributed by atoms with E-state index in [0.717, 1.165) is 11.1 Å². The highest BCUT2D eigenvalue weighted by atomic mass is 19.1. The summed E-state index contributed by atoms with van der Waals surface area (Å²) < 4.78 is 13.9. The fraction of sp³-hybridized carbons (Fsp3) is 0.455. The van der Waals surface area contributed by atoms with Crippen LogP contribution in [0.2, 0.25) is 0 Å². The van der Waals surface area contributed by atoms with Crippen LogP contribution in [0.4, 0.5) is 4.39 Å². The van der Waals surface area contributed by atoms with Gasteiger partial charge in [-0.3, -0.25) is 0 Å². The fourth-order valence-corrected chi connectivity index (χ4v) is 1.38. The number of benzene rings is 1.